The molecule has 2 aromatic heterocycles. The van der Waals surface area contributed by atoms with Gasteiger partial charge in [0.25, 0.3) is 5.91 Å². The summed E-state index contributed by atoms with van der Waals surface area (Å²) >= 11 is 1.37. The lowest BCUT2D eigenvalue weighted by Gasteiger charge is -2.46. The lowest BCUT2D eigenvalue weighted by molar-refractivity contribution is -0.0256. The van der Waals surface area contributed by atoms with Crippen LogP contribution in [0.1, 0.15) is 15.6 Å². The van der Waals surface area contributed by atoms with E-state index in [9.17, 15) is 4.79 Å². The first kappa shape index (κ1) is 18.2. The highest BCUT2D eigenvalue weighted by molar-refractivity contribution is 7.20. The Bertz CT molecular complexity index is 872. The number of aryl methyl sites for hydroxylation is 1. The molecule has 0 spiro atoms. The summed E-state index contributed by atoms with van der Waals surface area (Å²) in [7, 11) is 0. The molecular weight excluding hydrogens is 380 g/mol. The molecule has 3 aliphatic heterocycles. The van der Waals surface area contributed by atoms with Gasteiger partial charge in [0.2, 0.25) is 0 Å². The Morgan fingerprint density at radius 2 is 1.68 bits per heavy atom. The highest BCUT2D eigenvalue weighted by atomic mass is 32.1. The normalized spacial score (nSPS) is 21.9. The highest BCUT2D eigenvalue weighted by Gasteiger charge is 2.37. The summed E-state index contributed by atoms with van der Waals surface area (Å²) in [5, 5.41) is 0.504. The fourth-order valence-corrected chi connectivity index (χ4v) is 4.88. The Morgan fingerprint density at radius 3 is 2.39 bits per heavy atom. The molecule has 150 valence electrons. The van der Waals surface area contributed by atoms with Crippen LogP contribution in [0.3, 0.4) is 0 Å². The van der Waals surface area contributed by atoms with E-state index in [1.165, 1.54) is 11.3 Å². The van der Waals surface area contributed by atoms with Crippen LogP contribution in [-0.4, -0.2) is 102 Å². The molecule has 9 nitrogen and oxygen atoms in total. The van der Waals surface area contributed by atoms with E-state index in [2.05, 4.69) is 24.8 Å². The number of morpholine rings is 2. The Morgan fingerprint density at radius 1 is 1.00 bits per heavy atom. The van der Waals surface area contributed by atoms with E-state index in [0.29, 0.717) is 30.1 Å². The van der Waals surface area contributed by atoms with Gasteiger partial charge in [-0.2, -0.15) is 0 Å². The molecule has 28 heavy (non-hydrogen) atoms. The van der Waals surface area contributed by atoms with Gasteiger partial charge >= 0.3 is 0 Å². The van der Waals surface area contributed by atoms with Gasteiger partial charge in [0.05, 0.1) is 26.4 Å². The van der Waals surface area contributed by atoms with Gasteiger partial charge in [-0.25, -0.2) is 15.0 Å². The molecule has 3 aliphatic rings. The molecule has 0 radical (unpaired) electrons. The lowest BCUT2D eigenvalue weighted by Crippen LogP contribution is -2.62. The number of hydrogen-bond donors (Lipinski definition) is 0. The second-order valence-electron chi connectivity index (χ2n) is 7.38. The van der Waals surface area contributed by atoms with Crippen molar-refractivity contribution in [1.82, 2.24) is 24.8 Å². The number of likely N-dealkylation sites (tertiary alicyclic amines) is 1. The molecule has 0 saturated carbocycles. The van der Waals surface area contributed by atoms with Crippen LogP contribution < -0.4 is 4.90 Å². The van der Waals surface area contributed by atoms with Crippen molar-refractivity contribution in [3.8, 4) is 0 Å². The van der Waals surface area contributed by atoms with Gasteiger partial charge in [0, 0.05) is 45.3 Å². The molecule has 10 heteroatoms. The molecule has 0 aliphatic carbocycles. The predicted octanol–water partition coefficient (Wildman–Crippen LogP) is 0.388. The van der Waals surface area contributed by atoms with Crippen LogP contribution in [0.15, 0.2) is 0 Å². The van der Waals surface area contributed by atoms with E-state index in [-0.39, 0.29) is 5.91 Å². The zero-order valence-electron chi connectivity index (χ0n) is 16.0. The first-order valence-electron chi connectivity index (χ1n) is 9.78. The average Bonchev–Trinajstić information content (AvgIpc) is 3.11. The molecule has 0 aromatic carbocycles. The molecule has 0 unspecified atom stereocenters. The van der Waals surface area contributed by atoms with Crippen LogP contribution in [-0.2, 0) is 9.47 Å². The third-order valence-electron chi connectivity index (χ3n) is 5.56. The molecule has 5 rings (SSSR count). The van der Waals surface area contributed by atoms with Crippen molar-refractivity contribution in [3.05, 3.63) is 10.8 Å². The molecule has 3 saturated heterocycles. The van der Waals surface area contributed by atoms with Crippen LogP contribution in [0, 0.1) is 6.92 Å². The summed E-state index contributed by atoms with van der Waals surface area (Å²) in [4.78, 5) is 34.0. The number of carbonyl (C=O) groups is 1. The van der Waals surface area contributed by atoms with Crippen molar-refractivity contribution in [1.29, 1.82) is 0 Å². The maximum atomic E-state index is 12.9. The largest absolute Gasteiger partial charge is 0.379 e. The number of rotatable bonds is 3. The summed E-state index contributed by atoms with van der Waals surface area (Å²) in [6, 6.07) is 0.438. The highest BCUT2D eigenvalue weighted by Crippen LogP contribution is 2.30. The number of ether oxygens (including phenoxy) is 2. The maximum Gasteiger partial charge on any atom is 0.283 e. The molecule has 0 N–H and O–H groups in total. The van der Waals surface area contributed by atoms with Crippen molar-refractivity contribution in [3.63, 3.8) is 0 Å². The molecular formula is C18H24N6O3S. The second kappa shape index (κ2) is 7.51. The number of nitrogens with zero attached hydrogens (tertiary/aromatic N) is 6. The van der Waals surface area contributed by atoms with Gasteiger partial charge in [0.1, 0.15) is 16.2 Å². The van der Waals surface area contributed by atoms with E-state index in [1.807, 2.05) is 11.8 Å². The van der Waals surface area contributed by atoms with E-state index in [0.717, 1.165) is 68.6 Å². The van der Waals surface area contributed by atoms with Gasteiger partial charge in [-0.3, -0.25) is 9.69 Å². The zero-order valence-corrected chi connectivity index (χ0v) is 16.8. The molecule has 3 fully saturated rings. The average molecular weight is 404 g/mol. The number of carbonyl (C=O) groups excluding carboxylic acids is 1. The Kier molecular flexibility index (Phi) is 4.87. The van der Waals surface area contributed by atoms with Gasteiger partial charge in [-0.15, -0.1) is 0 Å². The SMILES string of the molecule is Cc1nc(N2CCOCC2)c2nc(C(=O)N3CC(N4CCOCC4)C3)sc2n1. The summed E-state index contributed by atoms with van der Waals surface area (Å²) in [5.74, 6) is 1.52. The minimum atomic E-state index is -0.00177. The van der Waals surface area contributed by atoms with Gasteiger partial charge in [0.15, 0.2) is 10.8 Å². The molecule has 5 heterocycles. The summed E-state index contributed by atoms with van der Waals surface area (Å²) in [5.41, 5.74) is 0.728. The number of amides is 1. The zero-order chi connectivity index (χ0) is 19.1. The monoisotopic (exact) mass is 404 g/mol. The number of aromatic nitrogens is 3. The number of anilines is 1. The van der Waals surface area contributed by atoms with E-state index in [4.69, 9.17) is 9.47 Å². The Balaban J connectivity index is 1.34. The number of fused-ring (bicyclic) bond motifs is 1. The smallest absolute Gasteiger partial charge is 0.283 e. The molecule has 0 atom stereocenters. The lowest BCUT2D eigenvalue weighted by atomic mass is 10.1. The topological polar surface area (TPSA) is 83.9 Å². The maximum absolute atomic E-state index is 12.9. The summed E-state index contributed by atoms with van der Waals surface area (Å²) in [6.07, 6.45) is 0. The van der Waals surface area contributed by atoms with E-state index < -0.39 is 0 Å². The number of hydrogen-bond acceptors (Lipinski definition) is 9. The summed E-state index contributed by atoms with van der Waals surface area (Å²) in [6.45, 7) is 9.78. The van der Waals surface area contributed by atoms with Crippen LogP contribution >= 0.6 is 11.3 Å². The molecule has 1 amide bonds. The fourth-order valence-electron chi connectivity index (χ4n) is 3.93. The minimum Gasteiger partial charge on any atom is -0.379 e. The standard InChI is InChI=1S/C18H24N6O3S/c1-12-19-15(23-4-8-27-9-5-23)14-16(20-12)28-17(21-14)18(25)24-10-13(11-24)22-2-6-26-7-3-22/h13H,2-11H2,1H3. The molecule has 0 bridgehead atoms. The molecule has 2 aromatic rings. The van der Waals surface area contributed by atoms with E-state index in [1.54, 1.807) is 0 Å². The third kappa shape index (κ3) is 3.34. The van der Waals surface area contributed by atoms with Gasteiger partial charge in [-0.1, -0.05) is 11.3 Å². The van der Waals surface area contributed by atoms with Crippen LogP contribution in [0.2, 0.25) is 0 Å². The predicted molar refractivity (Wildman–Crippen MR) is 105 cm³/mol. The van der Waals surface area contributed by atoms with Gasteiger partial charge in [-0.05, 0) is 6.92 Å². The minimum absolute atomic E-state index is 0.00177. The van der Waals surface area contributed by atoms with Crippen LogP contribution in [0.25, 0.3) is 10.3 Å². The Labute approximate surface area is 167 Å². The first-order chi connectivity index (χ1) is 13.7. The number of thiazole rings is 1. The first-order valence-corrected chi connectivity index (χ1v) is 10.6. The van der Waals surface area contributed by atoms with Crippen molar-refractivity contribution >= 4 is 33.4 Å². The third-order valence-corrected chi connectivity index (χ3v) is 6.49. The van der Waals surface area contributed by atoms with Crippen molar-refractivity contribution in [2.24, 2.45) is 0 Å². The van der Waals surface area contributed by atoms with Crippen molar-refractivity contribution in [2.75, 3.05) is 70.6 Å². The Hall–Kier alpha value is -1.88. The van der Waals surface area contributed by atoms with E-state index >= 15 is 0 Å². The second-order valence-corrected chi connectivity index (χ2v) is 8.36. The fraction of sp³-hybridized carbons (Fsp3) is 0.667. The van der Waals surface area contributed by atoms with Gasteiger partial charge < -0.3 is 19.3 Å². The van der Waals surface area contributed by atoms with Crippen LogP contribution in [0.4, 0.5) is 5.82 Å². The quantitative estimate of drug-likeness (QED) is 0.726. The van der Waals surface area contributed by atoms with Crippen molar-refractivity contribution in [2.45, 2.75) is 13.0 Å². The summed E-state index contributed by atoms with van der Waals surface area (Å²) < 4.78 is 10.9. The van der Waals surface area contributed by atoms with Crippen molar-refractivity contribution < 1.29 is 14.3 Å². The van der Waals surface area contributed by atoms with Crippen LogP contribution in [0.5, 0.6) is 0 Å².